The number of aliphatic hydroxyl groups excluding tert-OH is 3. The molecule has 0 aliphatic carbocycles. The Labute approximate surface area is 305 Å². The smallest absolute Gasteiger partial charge is 0.337 e. The topological polar surface area (TPSA) is 225 Å². The highest BCUT2D eigenvalue weighted by molar-refractivity contribution is 5.84. The van der Waals surface area contributed by atoms with Crippen LogP contribution in [0.25, 0.3) is 0 Å². The Balaban J connectivity index is 3.12. The van der Waals surface area contributed by atoms with Gasteiger partial charge in [0.05, 0.1) is 39.6 Å². The summed E-state index contributed by atoms with van der Waals surface area (Å²) in [5.74, 6) is -3.54. The summed E-state index contributed by atoms with van der Waals surface area (Å²) in [6.45, 7) is 7.91. The highest BCUT2D eigenvalue weighted by Gasteiger charge is 2.43. The largest absolute Gasteiger partial charge is 0.463 e. The summed E-state index contributed by atoms with van der Waals surface area (Å²) < 4.78 is 33.8. The van der Waals surface area contributed by atoms with Crippen molar-refractivity contribution in [2.75, 3.05) is 72.6 Å². The maximum absolute atomic E-state index is 13.6. The highest BCUT2D eigenvalue weighted by atomic mass is 16.6. The van der Waals surface area contributed by atoms with Crippen molar-refractivity contribution in [1.29, 1.82) is 0 Å². The van der Waals surface area contributed by atoms with E-state index in [1.54, 1.807) is 45.0 Å². The van der Waals surface area contributed by atoms with Crippen LogP contribution in [0, 0.1) is 16.2 Å². The summed E-state index contributed by atoms with van der Waals surface area (Å²) in [5, 5.41) is 32.9. The van der Waals surface area contributed by atoms with E-state index >= 15 is 0 Å². The Kier molecular flexibility index (Phi) is 20.0. The number of aliphatic hydroxyl groups is 3. The molecule has 4 unspecified atom stereocenters. The fourth-order valence-electron chi connectivity index (χ4n) is 4.26. The number of rotatable bonds is 26. The molecule has 1 aromatic carbocycles. The van der Waals surface area contributed by atoms with Gasteiger partial charge in [-0.15, -0.1) is 0 Å². The Morgan fingerprint density at radius 1 is 0.692 bits per heavy atom. The van der Waals surface area contributed by atoms with Crippen molar-refractivity contribution in [3.63, 3.8) is 0 Å². The van der Waals surface area contributed by atoms with Gasteiger partial charge in [-0.1, -0.05) is 37.3 Å². The minimum absolute atomic E-state index is 0.00531. The van der Waals surface area contributed by atoms with Crippen LogP contribution in [0.15, 0.2) is 30.3 Å². The molecule has 2 amide bonds. The van der Waals surface area contributed by atoms with E-state index in [0.29, 0.717) is 12.2 Å². The molecule has 0 heterocycles. The van der Waals surface area contributed by atoms with Gasteiger partial charge in [-0.2, -0.15) is 0 Å². The van der Waals surface area contributed by atoms with E-state index < -0.39 is 84.1 Å². The van der Waals surface area contributed by atoms with Crippen molar-refractivity contribution in [2.24, 2.45) is 16.2 Å². The number of hydrogen-bond donors (Lipinski definition) is 5. The molecule has 1 rings (SSSR count). The number of nitrogens with one attached hydrogen (secondary N) is 2. The van der Waals surface area contributed by atoms with Crippen molar-refractivity contribution in [1.82, 2.24) is 10.6 Å². The summed E-state index contributed by atoms with van der Waals surface area (Å²) in [4.78, 5) is 65.2. The number of amides is 2. The standard InChI is InChI=1S/C36H58N2O14/c1-8-27(28(42)50-22-34(5,20-41)29(43)37-15-17-39)49-24-36(7,32(46)48-19-26-13-11-10-12-14-26)25-52-33(3,4)31(45)51-23-35(6,21-47-9-2)30(44)38-16-18-40/h10-14,27,39-41H,8-9,15-25H2,1-7H3,(H,37,43)(H,38,44). The molecule has 296 valence electrons. The van der Waals surface area contributed by atoms with Crippen LogP contribution in [0.1, 0.15) is 60.5 Å². The average Bonchev–Trinajstić information content (AvgIpc) is 3.14. The molecule has 1 aromatic rings. The summed E-state index contributed by atoms with van der Waals surface area (Å²) >= 11 is 0. The predicted molar refractivity (Wildman–Crippen MR) is 186 cm³/mol. The third-order valence-electron chi connectivity index (χ3n) is 8.11. The fraction of sp³-hybridized carbons (Fsp3) is 0.694. The second-order valence-electron chi connectivity index (χ2n) is 13.7. The monoisotopic (exact) mass is 742 g/mol. The van der Waals surface area contributed by atoms with Gasteiger partial charge in [-0.25, -0.2) is 9.59 Å². The number of esters is 3. The summed E-state index contributed by atoms with van der Waals surface area (Å²) in [6, 6.07) is 8.93. The molecule has 0 bridgehead atoms. The van der Waals surface area contributed by atoms with E-state index in [4.69, 9.17) is 38.6 Å². The number of carbonyl (C=O) groups is 5. The van der Waals surface area contributed by atoms with E-state index in [2.05, 4.69) is 10.6 Å². The van der Waals surface area contributed by atoms with Crippen molar-refractivity contribution in [3.05, 3.63) is 35.9 Å². The average molecular weight is 743 g/mol. The first kappa shape index (κ1) is 46.4. The molecular weight excluding hydrogens is 684 g/mol. The molecule has 0 radical (unpaired) electrons. The second-order valence-corrected chi connectivity index (χ2v) is 13.7. The quantitative estimate of drug-likeness (QED) is 0.0650. The Hall–Kier alpha value is -3.67. The van der Waals surface area contributed by atoms with Crippen LogP contribution < -0.4 is 10.6 Å². The molecule has 5 N–H and O–H groups in total. The molecule has 16 nitrogen and oxygen atoms in total. The molecule has 0 spiro atoms. The van der Waals surface area contributed by atoms with Crippen molar-refractivity contribution in [2.45, 2.75) is 73.2 Å². The Morgan fingerprint density at radius 3 is 1.81 bits per heavy atom. The van der Waals surface area contributed by atoms with E-state index in [9.17, 15) is 29.1 Å². The maximum Gasteiger partial charge on any atom is 0.337 e. The van der Waals surface area contributed by atoms with Crippen molar-refractivity contribution < 1.29 is 67.7 Å². The second kappa shape index (κ2) is 22.4. The Morgan fingerprint density at radius 2 is 1.27 bits per heavy atom. The molecule has 0 aliphatic rings. The zero-order chi connectivity index (χ0) is 39.4. The van der Waals surface area contributed by atoms with Crippen molar-refractivity contribution >= 4 is 29.7 Å². The molecule has 0 aromatic heterocycles. The molecule has 0 saturated heterocycles. The van der Waals surface area contributed by atoms with Crippen LogP contribution in [-0.4, -0.2) is 129 Å². The van der Waals surface area contributed by atoms with Gasteiger partial charge in [0.1, 0.15) is 36.1 Å². The van der Waals surface area contributed by atoms with Crippen LogP contribution in [0.4, 0.5) is 0 Å². The molecule has 52 heavy (non-hydrogen) atoms. The SMILES string of the molecule is CCOCC(C)(COC(=O)C(C)(C)OCC(C)(COC(CC)C(=O)OCC(C)(CO)C(=O)NCCO)C(=O)OCc1ccccc1)C(=O)NCCO. The van der Waals surface area contributed by atoms with E-state index in [0.717, 1.165) is 0 Å². The minimum atomic E-state index is -1.64. The summed E-state index contributed by atoms with van der Waals surface area (Å²) in [6.07, 6.45) is -1.08. The van der Waals surface area contributed by atoms with Crippen LogP contribution in [0.5, 0.6) is 0 Å². The van der Waals surface area contributed by atoms with Crippen LogP contribution in [0.3, 0.4) is 0 Å². The lowest BCUT2D eigenvalue weighted by Gasteiger charge is -2.33. The van der Waals surface area contributed by atoms with Crippen LogP contribution in [0.2, 0.25) is 0 Å². The molecule has 0 saturated carbocycles. The summed E-state index contributed by atoms with van der Waals surface area (Å²) in [5.41, 5.74) is -5.26. The van der Waals surface area contributed by atoms with Gasteiger partial charge in [-0.3, -0.25) is 14.4 Å². The molecule has 4 atom stereocenters. The first-order valence-electron chi connectivity index (χ1n) is 17.2. The zero-order valence-corrected chi connectivity index (χ0v) is 31.5. The Bertz CT molecular complexity index is 1280. The van der Waals surface area contributed by atoms with Crippen molar-refractivity contribution in [3.8, 4) is 0 Å². The minimum Gasteiger partial charge on any atom is -0.463 e. The number of ether oxygens (including phenoxy) is 6. The zero-order valence-electron chi connectivity index (χ0n) is 31.5. The van der Waals surface area contributed by atoms with Gasteiger partial charge in [0, 0.05) is 19.7 Å². The first-order valence-corrected chi connectivity index (χ1v) is 17.2. The summed E-state index contributed by atoms with van der Waals surface area (Å²) in [7, 11) is 0. The molecule has 0 aliphatic heterocycles. The lowest BCUT2D eigenvalue weighted by molar-refractivity contribution is -0.189. The van der Waals surface area contributed by atoms with Gasteiger partial charge < -0.3 is 54.4 Å². The number of benzene rings is 1. The van der Waals surface area contributed by atoms with E-state index in [-0.39, 0.29) is 52.5 Å². The number of carbonyl (C=O) groups excluding carboxylic acids is 5. The third-order valence-corrected chi connectivity index (χ3v) is 8.11. The fourth-order valence-corrected chi connectivity index (χ4v) is 4.26. The lowest BCUT2D eigenvalue weighted by atomic mass is 9.91. The maximum atomic E-state index is 13.6. The lowest BCUT2D eigenvalue weighted by Crippen LogP contribution is -2.49. The molecular formula is C36H58N2O14. The predicted octanol–water partition coefficient (Wildman–Crippen LogP) is 0.671. The van der Waals surface area contributed by atoms with Gasteiger partial charge in [0.2, 0.25) is 11.8 Å². The number of hydrogen-bond acceptors (Lipinski definition) is 14. The highest BCUT2D eigenvalue weighted by Crippen LogP contribution is 2.27. The van der Waals surface area contributed by atoms with Gasteiger partial charge in [-0.05, 0) is 53.5 Å². The molecule has 0 fully saturated rings. The van der Waals surface area contributed by atoms with Crippen LogP contribution in [-0.2, 0) is 59.0 Å². The van der Waals surface area contributed by atoms with Gasteiger partial charge in [0.25, 0.3) is 0 Å². The van der Waals surface area contributed by atoms with E-state index in [1.807, 2.05) is 6.07 Å². The third kappa shape index (κ3) is 14.8. The first-order chi connectivity index (χ1) is 24.5. The molecule has 16 heteroatoms. The normalized spacial score (nSPS) is 15.6. The van der Waals surface area contributed by atoms with Crippen LogP contribution >= 0.6 is 0 Å². The van der Waals surface area contributed by atoms with Gasteiger partial charge in [0.15, 0.2) is 11.7 Å². The van der Waals surface area contributed by atoms with Gasteiger partial charge >= 0.3 is 17.9 Å². The van der Waals surface area contributed by atoms with E-state index in [1.165, 1.54) is 27.7 Å².